The third-order valence-corrected chi connectivity index (χ3v) is 4.42. The van der Waals surface area contributed by atoms with Crippen molar-refractivity contribution in [1.82, 2.24) is 9.88 Å². The van der Waals surface area contributed by atoms with Crippen molar-refractivity contribution in [3.63, 3.8) is 0 Å². The summed E-state index contributed by atoms with van der Waals surface area (Å²) in [7, 11) is 0. The first-order chi connectivity index (χ1) is 9.81. The summed E-state index contributed by atoms with van der Waals surface area (Å²) >= 11 is 1.32. The standard InChI is InChI=1S/C14H24N4O2S/c1-9(2)7-16-13-17-11(15)10(21-13)12(19)18-5-6-20-8-14(18,3)4/h9H,5-8,15H2,1-4H3,(H,16,17). The molecule has 1 amide bonds. The van der Waals surface area contributed by atoms with Crippen LogP contribution in [0.2, 0.25) is 0 Å². The van der Waals surface area contributed by atoms with E-state index in [1.165, 1.54) is 11.3 Å². The largest absolute Gasteiger partial charge is 0.382 e. The van der Waals surface area contributed by atoms with E-state index < -0.39 is 0 Å². The van der Waals surface area contributed by atoms with Crippen molar-refractivity contribution < 1.29 is 9.53 Å². The molecule has 118 valence electrons. The molecule has 21 heavy (non-hydrogen) atoms. The molecular formula is C14H24N4O2S. The maximum atomic E-state index is 12.7. The Balaban J connectivity index is 2.15. The third kappa shape index (κ3) is 3.65. The van der Waals surface area contributed by atoms with Gasteiger partial charge in [-0.15, -0.1) is 0 Å². The Hall–Kier alpha value is -1.34. The summed E-state index contributed by atoms with van der Waals surface area (Å²) in [6, 6.07) is 0. The summed E-state index contributed by atoms with van der Waals surface area (Å²) in [5.74, 6) is 0.752. The monoisotopic (exact) mass is 312 g/mol. The molecule has 0 radical (unpaired) electrons. The minimum Gasteiger partial charge on any atom is -0.382 e. The molecule has 0 aromatic carbocycles. The Labute approximate surface area is 129 Å². The summed E-state index contributed by atoms with van der Waals surface area (Å²) in [5.41, 5.74) is 5.60. The third-order valence-electron chi connectivity index (χ3n) is 3.40. The second kappa shape index (κ2) is 6.19. The molecule has 1 aromatic heterocycles. The number of anilines is 2. The fourth-order valence-corrected chi connectivity index (χ4v) is 3.05. The average molecular weight is 312 g/mol. The van der Waals surface area contributed by atoms with Gasteiger partial charge in [0.2, 0.25) is 0 Å². The predicted octanol–water partition coefficient (Wildman–Crippen LogP) is 2.04. The lowest BCUT2D eigenvalue weighted by molar-refractivity contribution is -0.0368. The van der Waals surface area contributed by atoms with Crippen molar-refractivity contribution in [2.45, 2.75) is 33.2 Å². The van der Waals surface area contributed by atoms with E-state index in [-0.39, 0.29) is 11.4 Å². The minimum absolute atomic E-state index is 0.0594. The van der Waals surface area contributed by atoms with Gasteiger partial charge in [0.25, 0.3) is 5.91 Å². The number of carbonyl (C=O) groups is 1. The van der Waals surface area contributed by atoms with Gasteiger partial charge < -0.3 is 20.7 Å². The number of carbonyl (C=O) groups excluding carboxylic acids is 1. The van der Waals surface area contributed by atoms with Crippen molar-refractivity contribution in [1.29, 1.82) is 0 Å². The molecule has 0 aliphatic carbocycles. The number of morpholine rings is 1. The van der Waals surface area contributed by atoms with E-state index in [9.17, 15) is 4.79 Å². The van der Waals surface area contributed by atoms with Crippen LogP contribution >= 0.6 is 11.3 Å². The van der Waals surface area contributed by atoms with Crippen LogP contribution in [-0.4, -0.2) is 47.6 Å². The van der Waals surface area contributed by atoms with Crippen molar-refractivity contribution in [3.05, 3.63) is 4.88 Å². The quantitative estimate of drug-likeness (QED) is 0.889. The van der Waals surface area contributed by atoms with Gasteiger partial charge in [0.1, 0.15) is 10.7 Å². The molecule has 0 atom stereocenters. The fourth-order valence-electron chi connectivity index (χ4n) is 2.21. The highest BCUT2D eigenvalue weighted by molar-refractivity contribution is 7.18. The predicted molar refractivity (Wildman–Crippen MR) is 85.8 cm³/mol. The Morgan fingerprint density at radius 1 is 1.57 bits per heavy atom. The number of thiazole rings is 1. The molecule has 1 aromatic rings. The van der Waals surface area contributed by atoms with Gasteiger partial charge in [-0.05, 0) is 19.8 Å². The van der Waals surface area contributed by atoms with Gasteiger partial charge in [0, 0.05) is 13.1 Å². The molecule has 7 heteroatoms. The van der Waals surface area contributed by atoms with Crippen LogP contribution in [0.25, 0.3) is 0 Å². The Bertz CT molecular complexity index is 513. The maximum absolute atomic E-state index is 12.7. The zero-order chi connectivity index (χ0) is 15.6. The highest BCUT2D eigenvalue weighted by atomic mass is 32.1. The average Bonchev–Trinajstić information content (AvgIpc) is 2.76. The molecule has 3 N–H and O–H groups in total. The Kier molecular flexibility index (Phi) is 4.73. The summed E-state index contributed by atoms with van der Waals surface area (Å²) < 4.78 is 5.45. The molecule has 2 rings (SSSR count). The van der Waals surface area contributed by atoms with E-state index in [0.29, 0.717) is 41.5 Å². The topological polar surface area (TPSA) is 80.5 Å². The van der Waals surface area contributed by atoms with Gasteiger partial charge in [-0.1, -0.05) is 25.2 Å². The molecule has 1 aliphatic rings. The first kappa shape index (κ1) is 16.0. The summed E-state index contributed by atoms with van der Waals surface area (Å²) in [6.07, 6.45) is 0. The second-order valence-corrected chi connectivity index (χ2v) is 7.33. The number of hydrogen-bond acceptors (Lipinski definition) is 6. The summed E-state index contributed by atoms with van der Waals surface area (Å²) in [5, 5.41) is 3.92. The van der Waals surface area contributed by atoms with Gasteiger partial charge in [-0.3, -0.25) is 4.79 Å². The zero-order valence-electron chi connectivity index (χ0n) is 13.1. The lowest BCUT2D eigenvalue weighted by Crippen LogP contribution is -2.55. The highest BCUT2D eigenvalue weighted by Crippen LogP contribution is 2.30. The van der Waals surface area contributed by atoms with E-state index in [1.54, 1.807) is 0 Å². The first-order valence-electron chi connectivity index (χ1n) is 7.21. The Morgan fingerprint density at radius 3 is 2.90 bits per heavy atom. The van der Waals surface area contributed by atoms with Crippen LogP contribution in [0.4, 0.5) is 10.9 Å². The maximum Gasteiger partial charge on any atom is 0.268 e. The molecule has 0 saturated carbocycles. The van der Waals surface area contributed by atoms with E-state index in [4.69, 9.17) is 10.5 Å². The number of hydrogen-bond donors (Lipinski definition) is 2. The number of ether oxygens (including phenoxy) is 1. The summed E-state index contributed by atoms with van der Waals surface area (Å²) in [6.45, 7) is 10.7. The van der Waals surface area contributed by atoms with Crippen LogP contribution in [0, 0.1) is 5.92 Å². The number of nitrogens with zero attached hydrogens (tertiary/aromatic N) is 2. The van der Waals surface area contributed by atoms with Crippen LogP contribution in [0.1, 0.15) is 37.4 Å². The van der Waals surface area contributed by atoms with E-state index in [0.717, 1.165) is 6.54 Å². The fraction of sp³-hybridized carbons (Fsp3) is 0.714. The van der Waals surface area contributed by atoms with Gasteiger partial charge in [-0.25, -0.2) is 4.98 Å². The van der Waals surface area contributed by atoms with Crippen LogP contribution in [0.5, 0.6) is 0 Å². The zero-order valence-corrected chi connectivity index (χ0v) is 13.9. The normalized spacial score (nSPS) is 18.0. The lowest BCUT2D eigenvalue weighted by Gasteiger charge is -2.41. The van der Waals surface area contributed by atoms with Crippen molar-refractivity contribution in [2.75, 3.05) is 37.4 Å². The molecule has 0 unspecified atom stereocenters. The van der Waals surface area contributed by atoms with Crippen LogP contribution in [0.15, 0.2) is 0 Å². The van der Waals surface area contributed by atoms with E-state index in [1.807, 2.05) is 18.7 Å². The molecule has 1 saturated heterocycles. The van der Waals surface area contributed by atoms with Crippen molar-refractivity contribution in [3.8, 4) is 0 Å². The van der Waals surface area contributed by atoms with E-state index >= 15 is 0 Å². The van der Waals surface area contributed by atoms with Gasteiger partial charge in [0.15, 0.2) is 5.13 Å². The van der Waals surface area contributed by atoms with Crippen molar-refractivity contribution in [2.24, 2.45) is 5.92 Å². The van der Waals surface area contributed by atoms with Crippen molar-refractivity contribution >= 4 is 28.2 Å². The number of nitrogen functional groups attached to an aromatic ring is 1. The van der Waals surface area contributed by atoms with Crippen LogP contribution in [0.3, 0.4) is 0 Å². The number of amides is 1. The van der Waals surface area contributed by atoms with Gasteiger partial charge in [-0.2, -0.15) is 0 Å². The number of nitrogens with two attached hydrogens (primary N) is 1. The SMILES string of the molecule is CC(C)CNc1nc(N)c(C(=O)N2CCOCC2(C)C)s1. The molecule has 6 nitrogen and oxygen atoms in total. The molecule has 1 aliphatic heterocycles. The van der Waals surface area contributed by atoms with Gasteiger partial charge >= 0.3 is 0 Å². The minimum atomic E-state index is -0.322. The molecular weight excluding hydrogens is 288 g/mol. The number of rotatable bonds is 4. The number of aromatic nitrogens is 1. The highest BCUT2D eigenvalue weighted by Gasteiger charge is 2.36. The smallest absolute Gasteiger partial charge is 0.268 e. The van der Waals surface area contributed by atoms with E-state index in [2.05, 4.69) is 24.1 Å². The molecule has 0 spiro atoms. The lowest BCUT2D eigenvalue weighted by atomic mass is 10.0. The molecule has 2 heterocycles. The molecule has 0 bridgehead atoms. The summed E-state index contributed by atoms with van der Waals surface area (Å²) in [4.78, 5) is 19.3. The number of nitrogens with one attached hydrogen (secondary N) is 1. The van der Waals surface area contributed by atoms with Crippen LogP contribution < -0.4 is 11.1 Å². The second-order valence-electron chi connectivity index (χ2n) is 6.33. The van der Waals surface area contributed by atoms with Gasteiger partial charge in [0.05, 0.1) is 18.8 Å². The van der Waals surface area contributed by atoms with Crippen LogP contribution in [-0.2, 0) is 4.74 Å². The Morgan fingerprint density at radius 2 is 2.29 bits per heavy atom. The molecule has 1 fully saturated rings. The first-order valence-corrected chi connectivity index (χ1v) is 8.03.